The standard InChI is InChI=1S/C19H21NO3S/c1-12-14(15(21)10-13-8-6-5-7-9-13)11-16(24-12)17(22)18(23)20-19(2,3)4/h5-9,11H,10H2,1-4H3,(H,20,23). The molecule has 126 valence electrons. The highest BCUT2D eigenvalue weighted by Gasteiger charge is 2.25. The van der Waals surface area contributed by atoms with Crippen LogP contribution >= 0.6 is 11.3 Å². The summed E-state index contributed by atoms with van der Waals surface area (Å²) in [6, 6.07) is 11.0. The Morgan fingerprint density at radius 2 is 1.71 bits per heavy atom. The van der Waals surface area contributed by atoms with E-state index in [0.29, 0.717) is 10.4 Å². The van der Waals surface area contributed by atoms with Crippen LogP contribution in [0.15, 0.2) is 36.4 Å². The fraction of sp³-hybridized carbons (Fsp3) is 0.316. The third-order valence-corrected chi connectivity index (χ3v) is 4.39. The lowest BCUT2D eigenvalue weighted by atomic mass is 10.0. The highest BCUT2D eigenvalue weighted by Crippen LogP contribution is 2.24. The van der Waals surface area contributed by atoms with Crippen molar-refractivity contribution < 1.29 is 14.4 Å². The summed E-state index contributed by atoms with van der Waals surface area (Å²) in [7, 11) is 0. The van der Waals surface area contributed by atoms with Crippen LogP contribution in [0.3, 0.4) is 0 Å². The van der Waals surface area contributed by atoms with E-state index >= 15 is 0 Å². The molecule has 0 fully saturated rings. The van der Waals surface area contributed by atoms with Crippen LogP contribution < -0.4 is 5.32 Å². The number of aryl methyl sites for hydroxylation is 1. The summed E-state index contributed by atoms with van der Waals surface area (Å²) in [4.78, 5) is 37.8. The molecule has 0 aliphatic rings. The molecule has 24 heavy (non-hydrogen) atoms. The molecule has 1 aromatic carbocycles. The van der Waals surface area contributed by atoms with Crippen molar-refractivity contribution in [3.05, 3.63) is 57.3 Å². The van der Waals surface area contributed by atoms with Crippen molar-refractivity contribution in [3.63, 3.8) is 0 Å². The van der Waals surface area contributed by atoms with Gasteiger partial charge in [-0.25, -0.2) is 0 Å². The average Bonchev–Trinajstić information content (AvgIpc) is 2.87. The van der Waals surface area contributed by atoms with Crippen LogP contribution in [-0.2, 0) is 11.2 Å². The molecule has 0 aliphatic heterocycles. The number of amides is 1. The summed E-state index contributed by atoms with van der Waals surface area (Å²) in [5, 5.41) is 2.65. The van der Waals surface area contributed by atoms with Crippen LogP contribution in [0.4, 0.5) is 0 Å². The summed E-state index contributed by atoms with van der Waals surface area (Å²) in [5.74, 6) is -1.30. The molecule has 5 heteroatoms. The third-order valence-electron chi connectivity index (χ3n) is 3.34. The van der Waals surface area contributed by atoms with Gasteiger partial charge in [0.25, 0.3) is 11.7 Å². The van der Waals surface area contributed by atoms with Gasteiger partial charge in [-0.3, -0.25) is 14.4 Å². The van der Waals surface area contributed by atoms with E-state index in [0.717, 1.165) is 10.4 Å². The molecule has 2 rings (SSSR count). The molecule has 0 saturated heterocycles. The molecular weight excluding hydrogens is 322 g/mol. The van der Waals surface area contributed by atoms with Gasteiger partial charge in [-0.15, -0.1) is 11.3 Å². The Balaban J connectivity index is 2.16. The number of hydrogen-bond acceptors (Lipinski definition) is 4. The van der Waals surface area contributed by atoms with E-state index in [1.807, 2.05) is 51.1 Å². The minimum Gasteiger partial charge on any atom is -0.345 e. The van der Waals surface area contributed by atoms with Crippen molar-refractivity contribution in [2.75, 3.05) is 0 Å². The Kier molecular flexibility index (Phi) is 5.34. The van der Waals surface area contributed by atoms with Crippen LogP contribution in [0.5, 0.6) is 0 Å². The maximum absolute atomic E-state index is 12.5. The molecule has 1 aromatic heterocycles. The smallest absolute Gasteiger partial charge is 0.293 e. The molecule has 0 spiro atoms. The van der Waals surface area contributed by atoms with Gasteiger partial charge in [0.1, 0.15) is 0 Å². The lowest BCUT2D eigenvalue weighted by molar-refractivity contribution is -0.118. The van der Waals surface area contributed by atoms with Gasteiger partial charge >= 0.3 is 0 Å². The van der Waals surface area contributed by atoms with E-state index in [2.05, 4.69) is 5.32 Å². The molecule has 1 amide bonds. The summed E-state index contributed by atoms with van der Waals surface area (Å²) in [6.45, 7) is 7.23. The number of nitrogens with one attached hydrogen (secondary N) is 1. The Labute approximate surface area is 145 Å². The maximum Gasteiger partial charge on any atom is 0.293 e. The van der Waals surface area contributed by atoms with Gasteiger partial charge in [0, 0.05) is 22.4 Å². The Bertz CT molecular complexity index is 770. The van der Waals surface area contributed by atoms with Gasteiger partial charge in [-0.2, -0.15) is 0 Å². The first-order valence-electron chi connectivity index (χ1n) is 7.72. The van der Waals surface area contributed by atoms with Crippen molar-refractivity contribution >= 4 is 28.8 Å². The van der Waals surface area contributed by atoms with Crippen LogP contribution in [0, 0.1) is 6.92 Å². The number of thiophene rings is 1. The van der Waals surface area contributed by atoms with E-state index < -0.39 is 17.2 Å². The van der Waals surface area contributed by atoms with E-state index in [1.165, 1.54) is 17.4 Å². The molecule has 0 unspecified atom stereocenters. The number of carbonyl (C=O) groups excluding carboxylic acids is 3. The van der Waals surface area contributed by atoms with Crippen molar-refractivity contribution in [1.82, 2.24) is 5.32 Å². The van der Waals surface area contributed by atoms with Crippen molar-refractivity contribution in [2.24, 2.45) is 0 Å². The van der Waals surface area contributed by atoms with Gasteiger partial charge in [-0.1, -0.05) is 30.3 Å². The zero-order valence-corrected chi connectivity index (χ0v) is 15.1. The molecule has 4 nitrogen and oxygen atoms in total. The predicted molar refractivity (Wildman–Crippen MR) is 95.8 cm³/mol. The second-order valence-electron chi connectivity index (χ2n) is 6.70. The number of carbonyl (C=O) groups is 3. The van der Waals surface area contributed by atoms with Crippen molar-refractivity contribution in [2.45, 2.75) is 39.7 Å². The van der Waals surface area contributed by atoms with Gasteiger partial charge in [0.2, 0.25) is 0 Å². The summed E-state index contributed by atoms with van der Waals surface area (Å²) < 4.78 is 0. The topological polar surface area (TPSA) is 63.2 Å². The highest BCUT2D eigenvalue weighted by atomic mass is 32.1. The van der Waals surface area contributed by atoms with E-state index in [1.54, 1.807) is 6.92 Å². The van der Waals surface area contributed by atoms with E-state index in [4.69, 9.17) is 0 Å². The van der Waals surface area contributed by atoms with Crippen LogP contribution in [0.2, 0.25) is 0 Å². The monoisotopic (exact) mass is 343 g/mol. The Morgan fingerprint density at radius 1 is 1.08 bits per heavy atom. The number of rotatable bonds is 5. The second kappa shape index (κ2) is 7.09. The zero-order valence-electron chi connectivity index (χ0n) is 14.3. The van der Waals surface area contributed by atoms with Gasteiger partial charge in [-0.05, 0) is 39.3 Å². The lowest BCUT2D eigenvalue weighted by Gasteiger charge is -2.19. The van der Waals surface area contributed by atoms with E-state index in [9.17, 15) is 14.4 Å². The number of benzene rings is 1. The van der Waals surface area contributed by atoms with Crippen LogP contribution in [0.1, 0.15) is 51.2 Å². The summed E-state index contributed by atoms with van der Waals surface area (Å²) in [5.41, 5.74) is 0.951. The van der Waals surface area contributed by atoms with Crippen LogP contribution in [-0.4, -0.2) is 23.0 Å². The zero-order chi connectivity index (χ0) is 17.9. The van der Waals surface area contributed by atoms with Gasteiger partial charge in [0.15, 0.2) is 5.78 Å². The Morgan fingerprint density at radius 3 is 2.29 bits per heavy atom. The van der Waals surface area contributed by atoms with Crippen molar-refractivity contribution in [3.8, 4) is 0 Å². The molecule has 0 aliphatic carbocycles. The van der Waals surface area contributed by atoms with Gasteiger partial charge < -0.3 is 5.32 Å². The number of hydrogen-bond donors (Lipinski definition) is 1. The fourth-order valence-corrected chi connectivity index (χ4v) is 3.23. The van der Waals surface area contributed by atoms with Gasteiger partial charge in [0.05, 0.1) is 4.88 Å². The molecule has 0 saturated carbocycles. The molecular formula is C19H21NO3S. The van der Waals surface area contributed by atoms with Crippen molar-refractivity contribution in [1.29, 1.82) is 0 Å². The first-order valence-corrected chi connectivity index (χ1v) is 8.53. The predicted octanol–water partition coefficient (Wildman–Crippen LogP) is 3.58. The number of Topliss-reactive ketones (excluding diaryl/α,β-unsaturated/α-hetero) is 2. The summed E-state index contributed by atoms with van der Waals surface area (Å²) >= 11 is 1.18. The molecule has 0 bridgehead atoms. The fourth-order valence-electron chi connectivity index (χ4n) is 2.26. The lowest BCUT2D eigenvalue weighted by Crippen LogP contribution is -2.44. The molecule has 1 heterocycles. The normalized spacial score (nSPS) is 11.2. The third kappa shape index (κ3) is 4.61. The minimum atomic E-state index is -0.647. The minimum absolute atomic E-state index is 0.0507. The quantitative estimate of drug-likeness (QED) is 0.667. The molecule has 0 atom stereocenters. The largest absolute Gasteiger partial charge is 0.345 e. The SMILES string of the molecule is Cc1sc(C(=O)C(=O)NC(C)(C)C)cc1C(=O)Cc1ccccc1. The second-order valence-corrected chi connectivity index (χ2v) is 7.96. The first-order chi connectivity index (χ1) is 11.2. The summed E-state index contributed by atoms with van der Waals surface area (Å²) in [6.07, 6.45) is 0.278. The maximum atomic E-state index is 12.5. The first kappa shape index (κ1) is 18.1. The average molecular weight is 343 g/mol. The Hall–Kier alpha value is -2.27. The molecule has 0 radical (unpaired) electrons. The van der Waals surface area contributed by atoms with Crippen LogP contribution in [0.25, 0.3) is 0 Å². The highest BCUT2D eigenvalue weighted by molar-refractivity contribution is 7.15. The molecule has 2 aromatic rings. The molecule has 1 N–H and O–H groups in total. The van der Waals surface area contributed by atoms with E-state index in [-0.39, 0.29) is 12.2 Å². The number of ketones is 2.